The van der Waals surface area contributed by atoms with Crippen molar-refractivity contribution >= 4 is 5.97 Å². The van der Waals surface area contributed by atoms with Gasteiger partial charge in [-0.2, -0.15) is 0 Å². The number of esters is 1. The van der Waals surface area contributed by atoms with Crippen LogP contribution >= 0.6 is 0 Å². The Hall–Kier alpha value is -0.610. The summed E-state index contributed by atoms with van der Waals surface area (Å²) in [6.07, 6.45) is 9.86. The molecule has 4 rings (SSSR count). The number of hydrogen-bond acceptors (Lipinski definition) is 4. The van der Waals surface area contributed by atoms with Crippen LogP contribution in [0, 0.1) is 46.3 Å². The molecule has 4 saturated carbocycles. The molecule has 0 aliphatic heterocycles. The summed E-state index contributed by atoms with van der Waals surface area (Å²) >= 11 is 0. The summed E-state index contributed by atoms with van der Waals surface area (Å²) in [5.41, 5.74) is 0.271. The van der Waals surface area contributed by atoms with Crippen LogP contribution in [-0.4, -0.2) is 35.5 Å². The molecule has 4 aliphatic carbocycles. The molecule has 0 aromatic rings. The van der Waals surface area contributed by atoms with Crippen LogP contribution in [0.4, 0.5) is 0 Å². The summed E-state index contributed by atoms with van der Waals surface area (Å²) in [5.74, 6) is 3.36. The van der Waals surface area contributed by atoms with Gasteiger partial charge in [0.05, 0.1) is 19.3 Å². The third-order valence-electron chi connectivity index (χ3n) is 10.5. The summed E-state index contributed by atoms with van der Waals surface area (Å²) < 4.78 is 4.85. The number of carbonyl (C=O) groups excluding carboxylic acids is 1. The molecule has 2 N–H and O–H groups in total. The average Bonchev–Trinajstić information content (AvgIpc) is 3.06. The SMILES string of the molecule is COC(=O)CC[C@@H](C)[C@H]1CCC2C3CC[C@@H]4C[C@H](O)CC[C@]4(C)C3C[C@H](O)[C@@]21C. The van der Waals surface area contributed by atoms with E-state index in [1.165, 1.54) is 32.8 Å². The fourth-order valence-electron chi connectivity index (χ4n) is 8.81. The van der Waals surface area contributed by atoms with E-state index in [-0.39, 0.29) is 23.6 Å². The predicted octanol–water partition coefficient (Wildman–Crippen LogP) is 4.57. The van der Waals surface area contributed by atoms with Crippen LogP contribution in [0.1, 0.15) is 85.0 Å². The molecular weight excluding hydrogens is 364 g/mol. The number of carbonyl (C=O) groups is 1. The summed E-state index contributed by atoms with van der Waals surface area (Å²) in [7, 11) is 1.46. The third kappa shape index (κ3) is 3.37. The lowest BCUT2D eigenvalue weighted by atomic mass is 9.43. The van der Waals surface area contributed by atoms with Gasteiger partial charge in [0.1, 0.15) is 0 Å². The van der Waals surface area contributed by atoms with Crippen LogP contribution in [0.3, 0.4) is 0 Å². The zero-order valence-corrected chi connectivity index (χ0v) is 18.9. The standard InChI is InChI=1S/C25H42O4/c1-15(5-10-23(28)29-4)19-8-9-20-18-7-6-16-13-17(26)11-12-24(16,2)21(18)14-22(27)25(19,20)3/h15-22,26-27H,5-14H2,1-4H3/t15-,16-,17-,18?,19-,20?,21?,22+,24+,25-/m1/s1. The van der Waals surface area contributed by atoms with Crippen molar-refractivity contribution in [2.75, 3.05) is 7.11 Å². The molecule has 0 aromatic heterocycles. The number of aliphatic hydroxyl groups excluding tert-OH is 2. The summed E-state index contributed by atoms with van der Waals surface area (Å²) in [6.45, 7) is 7.12. The van der Waals surface area contributed by atoms with E-state index < -0.39 is 0 Å². The Balaban J connectivity index is 1.53. The molecular formula is C25H42O4. The molecule has 0 saturated heterocycles. The molecule has 4 heteroatoms. The second-order valence-electron chi connectivity index (χ2n) is 11.5. The van der Waals surface area contributed by atoms with Gasteiger partial charge >= 0.3 is 5.97 Å². The predicted molar refractivity (Wildman–Crippen MR) is 113 cm³/mol. The van der Waals surface area contributed by atoms with E-state index in [2.05, 4.69) is 20.8 Å². The fourth-order valence-corrected chi connectivity index (χ4v) is 8.81. The number of fused-ring (bicyclic) bond motifs is 5. The van der Waals surface area contributed by atoms with Crippen LogP contribution in [0.5, 0.6) is 0 Å². The Morgan fingerprint density at radius 3 is 2.55 bits per heavy atom. The first-order valence-electron chi connectivity index (χ1n) is 12.1. The maximum absolute atomic E-state index is 11.6. The number of ether oxygens (including phenoxy) is 1. The molecule has 0 aromatic carbocycles. The highest BCUT2D eigenvalue weighted by molar-refractivity contribution is 5.69. The molecule has 0 heterocycles. The van der Waals surface area contributed by atoms with E-state index in [4.69, 9.17) is 4.74 Å². The molecule has 0 bridgehead atoms. The number of hydrogen-bond donors (Lipinski definition) is 2. The fraction of sp³-hybridized carbons (Fsp3) is 0.960. The van der Waals surface area contributed by atoms with Crippen molar-refractivity contribution in [1.29, 1.82) is 0 Å². The van der Waals surface area contributed by atoms with Crippen molar-refractivity contribution < 1.29 is 19.7 Å². The van der Waals surface area contributed by atoms with Gasteiger partial charge in [-0.15, -0.1) is 0 Å². The minimum atomic E-state index is -0.246. The van der Waals surface area contributed by atoms with Gasteiger partial charge in [0.15, 0.2) is 0 Å². The van der Waals surface area contributed by atoms with Crippen molar-refractivity contribution in [1.82, 2.24) is 0 Å². The second-order valence-corrected chi connectivity index (χ2v) is 11.5. The third-order valence-corrected chi connectivity index (χ3v) is 10.5. The molecule has 0 spiro atoms. The highest BCUT2D eigenvalue weighted by Gasteiger charge is 2.63. The lowest BCUT2D eigenvalue weighted by Crippen LogP contribution is -2.58. The zero-order chi connectivity index (χ0) is 21.0. The molecule has 4 aliphatic rings. The van der Waals surface area contributed by atoms with Crippen LogP contribution in [0.15, 0.2) is 0 Å². The minimum absolute atomic E-state index is 0.0198. The molecule has 10 atom stereocenters. The first kappa shape index (κ1) is 21.6. The first-order valence-corrected chi connectivity index (χ1v) is 12.1. The smallest absolute Gasteiger partial charge is 0.305 e. The average molecular weight is 407 g/mol. The number of aliphatic hydroxyl groups is 2. The van der Waals surface area contributed by atoms with Crippen LogP contribution in [0.2, 0.25) is 0 Å². The van der Waals surface area contributed by atoms with Crippen LogP contribution in [0.25, 0.3) is 0 Å². The highest BCUT2D eigenvalue weighted by atomic mass is 16.5. The molecule has 29 heavy (non-hydrogen) atoms. The minimum Gasteiger partial charge on any atom is -0.469 e. The van der Waals surface area contributed by atoms with Gasteiger partial charge in [-0.3, -0.25) is 4.79 Å². The first-order chi connectivity index (χ1) is 13.7. The highest BCUT2D eigenvalue weighted by Crippen LogP contribution is 2.68. The maximum atomic E-state index is 11.6. The topological polar surface area (TPSA) is 66.8 Å². The summed E-state index contributed by atoms with van der Waals surface area (Å²) in [5, 5.41) is 21.8. The maximum Gasteiger partial charge on any atom is 0.305 e. The molecule has 4 nitrogen and oxygen atoms in total. The van der Waals surface area contributed by atoms with Gasteiger partial charge in [-0.1, -0.05) is 20.8 Å². The van der Waals surface area contributed by atoms with Gasteiger partial charge < -0.3 is 14.9 Å². The molecule has 0 radical (unpaired) electrons. The van der Waals surface area contributed by atoms with Gasteiger partial charge in [0, 0.05) is 6.42 Å². The molecule has 0 amide bonds. The number of rotatable bonds is 4. The summed E-state index contributed by atoms with van der Waals surface area (Å²) in [6, 6.07) is 0. The lowest BCUT2D eigenvalue weighted by molar-refractivity contribution is -0.175. The van der Waals surface area contributed by atoms with Crippen molar-refractivity contribution in [3.63, 3.8) is 0 Å². The van der Waals surface area contributed by atoms with E-state index in [0.717, 1.165) is 38.0 Å². The van der Waals surface area contributed by atoms with Gasteiger partial charge in [-0.05, 0) is 104 Å². The van der Waals surface area contributed by atoms with E-state index in [0.29, 0.717) is 41.4 Å². The van der Waals surface area contributed by atoms with Crippen molar-refractivity contribution in [3.8, 4) is 0 Å². The Morgan fingerprint density at radius 2 is 1.83 bits per heavy atom. The monoisotopic (exact) mass is 406 g/mol. The second kappa shape index (κ2) is 7.82. The Kier molecular flexibility index (Phi) is 5.83. The van der Waals surface area contributed by atoms with E-state index >= 15 is 0 Å². The van der Waals surface area contributed by atoms with E-state index in [9.17, 15) is 15.0 Å². The van der Waals surface area contributed by atoms with Gasteiger partial charge in [0.25, 0.3) is 0 Å². The van der Waals surface area contributed by atoms with Crippen molar-refractivity contribution in [2.45, 2.75) is 97.2 Å². The van der Waals surface area contributed by atoms with E-state index in [1.54, 1.807) is 0 Å². The van der Waals surface area contributed by atoms with Gasteiger partial charge in [-0.25, -0.2) is 0 Å². The molecule has 3 unspecified atom stereocenters. The van der Waals surface area contributed by atoms with Crippen LogP contribution < -0.4 is 0 Å². The quantitative estimate of drug-likeness (QED) is 0.671. The summed E-state index contributed by atoms with van der Waals surface area (Å²) in [4.78, 5) is 11.6. The number of methoxy groups -OCH3 is 1. The largest absolute Gasteiger partial charge is 0.469 e. The Morgan fingerprint density at radius 1 is 1.07 bits per heavy atom. The van der Waals surface area contributed by atoms with E-state index in [1.807, 2.05) is 0 Å². The van der Waals surface area contributed by atoms with Gasteiger partial charge in [0.2, 0.25) is 0 Å². The van der Waals surface area contributed by atoms with Crippen molar-refractivity contribution in [2.24, 2.45) is 46.3 Å². The van der Waals surface area contributed by atoms with Crippen LogP contribution in [-0.2, 0) is 9.53 Å². The normalized spacial score (nSPS) is 50.2. The Bertz CT molecular complexity index is 620. The molecule has 166 valence electrons. The van der Waals surface area contributed by atoms with Crippen molar-refractivity contribution in [3.05, 3.63) is 0 Å². The lowest BCUT2D eigenvalue weighted by Gasteiger charge is -2.62. The zero-order valence-electron chi connectivity index (χ0n) is 18.9. The molecule has 4 fully saturated rings. The Labute approximate surface area is 176 Å².